The molecule has 0 amide bonds. The molecule has 6 heteroatoms. The highest BCUT2D eigenvalue weighted by molar-refractivity contribution is 5.73. The molecule has 0 aliphatic rings. The molecule has 19 heavy (non-hydrogen) atoms. The van der Waals surface area contributed by atoms with Crippen LogP contribution in [0.5, 0.6) is 0 Å². The average molecular weight is 274 g/mol. The Labute approximate surface area is 115 Å². The van der Waals surface area contributed by atoms with Crippen LogP contribution in [-0.2, 0) is 9.59 Å². The maximum atomic E-state index is 11.4. The van der Waals surface area contributed by atoms with Crippen molar-refractivity contribution in [2.75, 3.05) is 33.7 Å². The van der Waals surface area contributed by atoms with Gasteiger partial charge in [-0.1, -0.05) is 13.8 Å². The van der Waals surface area contributed by atoms with Crippen LogP contribution in [-0.4, -0.2) is 71.7 Å². The SMILES string of the molecule is CC(C)CC(C(=O)O)N(CCC(=O)O)CCN(C)C. The monoisotopic (exact) mass is 274 g/mol. The number of carboxylic acid groups (broad SMARTS) is 2. The highest BCUT2D eigenvalue weighted by Crippen LogP contribution is 2.12. The zero-order valence-electron chi connectivity index (χ0n) is 12.3. The zero-order chi connectivity index (χ0) is 15.0. The quantitative estimate of drug-likeness (QED) is 0.614. The Bertz CT molecular complexity index is 292. The predicted molar refractivity (Wildman–Crippen MR) is 73.3 cm³/mol. The average Bonchev–Trinajstić information content (AvgIpc) is 2.25. The van der Waals surface area contributed by atoms with Gasteiger partial charge in [0.2, 0.25) is 0 Å². The van der Waals surface area contributed by atoms with Crippen molar-refractivity contribution in [3.8, 4) is 0 Å². The molecule has 0 saturated heterocycles. The highest BCUT2D eigenvalue weighted by atomic mass is 16.4. The molecule has 6 nitrogen and oxygen atoms in total. The van der Waals surface area contributed by atoms with E-state index in [1.807, 2.05) is 32.8 Å². The number of hydrogen-bond acceptors (Lipinski definition) is 4. The molecule has 112 valence electrons. The molecule has 1 unspecified atom stereocenters. The summed E-state index contributed by atoms with van der Waals surface area (Å²) in [4.78, 5) is 25.8. The molecule has 0 saturated carbocycles. The Kier molecular flexibility index (Phi) is 8.34. The summed E-state index contributed by atoms with van der Waals surface area (Å²) in [5.41, 5.74) is 0. The maximum absolute atomic E-state index is 11.4. The van der Waals surface area contributed by atoms with E-state index in [0.717, 1.165) is 0 Å². The predicted octanol–water partition coefficient (Wildman–Crippen LogP) is 0.824. The second-order valence-electron chi connectivity index (χ2n) is 5.47. The lowest BCUT2D eigenvalue weighted by atomic mass is 10.0. The van der Waals surface area contributed by atoms with E-state index in [4.69, 9.17) is 5.11 Å². The Morgan fingerprint density at radius 2 is 1.63 bits per heavy atom. The number of hydrogen-bond donors (Lipinski definition) is 2. The Hall–Kier alpha value is -1.14. The minimum absolute atomic E-state index is 0.0324. The summed E-state index contributed by atoms with van der Waals surface area (Å²) in [5, 5.41) is 18.1. The minimum Gasteiger partial charge on any atom is -0.481 e. The van der Waals surface area contributed by atoms with Gasteiger partial charge in [0.1, 0.15) is 6.04 Å². The first-order valence-electron chi connectivity index (χ1n) is 6.57. The Morgan fingerprint density at radius 3 is 2.00 bits per heavy atom. The molecular formula is C13H26N2O4. The number of aliphatic carboxylic acids is 2. The smallest absolute Gasteiger partial charge is 0.320 e. The highest BCUT2D eigenvalue weighted by Gasteiger charge is 2.26. The Balaban J connectivity index is 4.71. The lowest BCUT2D eigenvalue weighted by Crippen LogP contribution is -2.45. The molecule has 0 aromatic rings. The van der Waals surface area contributed by atoms with Crippen molar-refractivity contribution in [1.82, 2.24) is 9.80 Å². The molecule has 0 aromatic carbocycles. The molecule has 0 spiro atoms. The van der Waals surface area contributed by atoms with Crippen LogP contribution in [0.15, 0.2) is 0 Å². The van der Waals surface area contributed by atoms with Gasteiger partial charge in [-0.05, 0) is 26.4 Å². The molecule has 0 aliphatic carbocycles. The number of carboxylic acids is 2. The van der Waals surface area contributed by atoms with Gasteiger partial charge < -0.3 is 15.1 Å². The summed E-state index contributed by atoms with van der Waals surface area (Å²) in [5.74, 6) is -1.52. The van der Waals surface area contributed by atoms with Crippen LogP contribution < -0.4 is 0 Å². The number of rotatable bonds is 10. The fourth-order valence-electron chi connectivity index (χ4n) is 1.84. The van der Waals surface area contributed by atoms with Crippen molar-refractivity contribution in [2.45, 2.75) is 32.7 Å². The summed E-state index contributed by atoms with van der Waals surface area (Å²) in [6.07, 6.45) is 0.498. The van der Waals surface area contributed by atoms with Gasteiger partial charge in [0.05, 0.1) is 6.42 Å². The van der Waals surface area contributed by atoms with Gasteiger partial charge in [0, 0.05) is 19.6 Å². The van der Waals surface area contributed by atoms with Crippen LogP contribution in [0, 0.1) is 5.92 Å². The Morgan fingerprint density at radius 1 is 1.05 bits per heavy atom. The van der Waals surface area contributed by atoms with Crippen molar-refractivity contribution < 1.29 is 19.8 Å². The molecular weight excluding hydrogens is 248 g/mol. The second-order valence-corrected chi connectivity index (χ2v) is 5.47. The topological polar surface area (TPSA) is 81.1 Å². The van der Waals surface area contributed by atoms with Crippen molar-refractivity contribution in [3.63, 3.8) is 0 Å². The van der Waals surface area contributed by atoms with Crippen molar-refractivity contribution in [3.05, 3.63) is 0 Å². The molecule has 0 radical (unpaired) electrons. The summed E-state index contributed by atoms with van der Waals surface area (Å²) >= 11 is 0. The van der Waals surface area contributed by atoms with E-state index >= 15 is 0 Å². The van der Waals surface area contributed by atoms with E-state index in [2.05, 4.69) is 0 Å². The van der Waals surface area contributed by atoms with E-state index in [0.29, 0.717) is 19.5 Å². The van der Waals surface area contributed by atoms with Gasteiger partial charge in [-0.15, -0.1) is 0 Å². The van der Waals surface area contributed by atoms with Crippen LogP contribution in [0.25, 0.3) is 0 Å². The van der Waals surface area contributed by atoms with Gasteiger partial charge in [0.15, 0.2) is 0 Å². The normalized spacial score (nSPS) is 13.2. The van der Waals surface area contributed by atoms with Crippen LogP contribution in [0.2, 0.25) is 0 Å². The largest absolute Gasteiger partial charge is 0.481 e. The zero-order valence-corrected chi connectivity index (χ0v) is 12.3. The second kappa shape index (κ2) is 8.87. The van der Waals surface area contributed by atoms with Gasteiger partial charge >= 0.3 is 11.9 Å². The van der Waals surface area contributed by atoms with Crippen LogP contribution in [0.4, 0.5) is 0 Å². The number of likely N-dealkylation sites (N-methyl/N-ethyl adjacent to an activating group) is 1. The first kappa shape index (κ1) is 17.9. The third-order valence-corrected chi connectivity index (χ3v) is 2.87. The fourth-order valence-corrected chi connectivity index (χ4v) is 1.84. The van der Waals surface area contributed by atoms with E-state index in [-0.39, 0.29) is 18.9 Å². The van der Waals surface area contributed by atoms with Crippen molar-refractivity contribution in [1.29, 1.82) is 0 Å². The molecule has 0 bridgehead atoms. The molecule has 0 heterocycles. The van der Waals surface area contributed by atoms with Crippen LogP contribution in [0.1, 0.15) is 26.7 Å². The maximum Gasteiger partial charge on any atom is 0.320 e. The number of nitrogens with zero attached hydrogens (tertiary/aromatic N) is 2. The van der Waals surface area contributed by atoms with Crippen LogP contribution >= 0.6 is 0 Å². The molecule has 0 aromatic heterocycles. The van der Waals surface area contributed by atoms with Crippen molar-refractivity contribution >= 4 is 11.9 Å². The standard InChI is InChI=1S/C13H26N2O4/c1-10(2)9-11(13(18)19)15(6-5-12(16)17)8-7-14(3)4/h10-11H,5-9H2,1-4H3,(H,16,17)(H,18,19). The van der Waals surface area contributed by atoms with Gasteiger partial charge in [0.25, 0.3) is 0 Å². The summed E-state index contributed by atoms with van der Waals surface area (Å²) in [6.45, 7) is 5.48. The molecule has 0 fully saturated rings. The molecule has 0 rings (SSSR count). The van der Waals surface area contributed by atoms with E-state index < -0.39 is 18.0 Å². The van der Waals surface area contributed by atoms with Crippen molar-refractivity contribution in [2.24, 2.45) is 5.92 Å². The van der Waals surface area contributed by atoms with E-state index in [9.17, 15) is 14.7 Å². The number of carbonyl (C=O) groups is 2. The molecule has 0 aliphatic heterocycles. The van der Waals surface area contributed by atoms with E-state index in [1.54, 1.807) is 4.90 Å². The van der Waals surface area contributed by atoms with Gasteiger partial charge in [-0.3, -0.25) is 14.5 Å². The molecule has 1 atom stereocenters. The molecule has 2 N–H and O–H groups in total. The third kappa shape index (κ3) is 8.56. The van der Waals surface area contributed by atoms with Gasteiger partial charge in [-0.25, -0.2) is 0 Å². The first-order chi connectivity index (χ1) is 8.73. The minimum atomic E-state index is -0.900. The first-order valence-corrected chi connectivity index (χ1v) is 6.57. The summed E-state index contributed by atoms with van der Waals surface area (Å²) in [7, 11) is 3.82. The summed E-state index contributed by atoms with van der Waals surface area (Å²) in [6, 6.07) is -0.612. The summed E-state index contributed by atoms with van der Waals surface area (Å²) < 4.78 is 0. The van der Waals surface area contributed by atoms with Gasteiger partial charge in [-0.2, -0.15) is 0 Å². The fraction of sp³-hybridized carbons (Fsp3) is 0.846. The van der Waals surface area contributed by atoms with E-state index in [1.165, 1.54) is 0 Å². The lowest BCUT2D eigenvalue weighted by molar-refractivity contribution is -0.145. The van der Waals surface area contributed by atoms with Crippen LogP contribution in [0.3, 0.4) is 0 Å². The lowest BCUT2D eigenvalue weighted by Gasteiger charge is -2.30. The third-order valence-electron chi connectivity index (χ3n) is 2.87.